The van der Waals surface area contributed by atoms with E-state index >= 15 is 0 Å². The van der Waals surface area contributed by atoms with Crippen LogP contribution in [-0.4, -0.2) is 25.8 Å². The minimum Gasteiger partial charge on any atom is -0.322 e. The van der Waals surface area contributed by atoms with Crippen LogP contribution < -0.4 is 5.32 Å². The molecule has 24 heavy (non-hydrogen) atoms. The Balaban J connectivity index is 1.84. The van der Waals surface area contributed by atoms with Crippen molar-refractivity contribution in [2.24, 2.45) is 0 Å². The zero-order valence-corrected chi connectivity index (χ0v) is 12.8. The molecular formula is C15H10ClN5O3. The molecule has 2 aromatic carbocycles. The van der Waals surface area contributed by atoms with Crippen LogP contribution in [0.15, 0.2) is 54.9 Å². The van der Waals surface area contributed by atoms with Crippen LogP contribution in [0.25, 0.3) is 5.69 Å². The molecule has 8 nitrogen and oxygen atoms in total. The topological polar surface area (TPSA) is 103 Å². The molecule has 0 bridgehead atoms. The molecule has 0 unspecified atom stereocenters. The number of nitro benzene ring substituents is 1. The number of amides is 1. The quantitative estimate of drug-likeness (QED) is 0.579. The van der Waals surface area contributed by atoms with Gasteiger partial charge in [0.05, 0.1) is 28.0 Å². The van der Waals surface area contributed by atoms with E-state index < -0.39 is 10.8 Å². The Hall–Kier alpha value is -3.26. The molecule has 3 aromatic rings. The number of hydrogen-bond acceptors (Lipinski definition) is 5. The molecule has 0 aliphatic carbocycles. The number of anilines is 1. The number of hydrogen-bond donors (Lipinski definition) is 1. The van der Waals surface area contributed by atoms with Crippen molar-refractivity contribution >= 4 is 28.9 Å². The Morgan fingerprint density at radius 3 is 2.42 bits per heavy atom. The molecule has 3 rings (SSSR count). The van der Waals surface area contributed by atoms with Crippen molar-refractivity contribution in [2.75, 3.05) is 5.32 Å². The maximum atomic E-state index is 12.3. The van der Waals surface area contributed by atoms with E-state index in [1.165, 1.54) is 23.0 Å². The maximum Gasteiger partial charge on any atom is 0.283 e. The SMILES string of the molecule is O=C(Nc1ccc(-n2nccn2)cc1)c1c(Cl)cccc1[N+](=O)[O-]. The van der Waals surface area contributed by atoms with Gasteiger partial charge in [-0.05, 0) is 30.3 Å². The van der Waals surface area contributed by atoms with Crippen LogP contribution in [0.1, 0.15) is 10.4 Å². The normalized spacial score (nSPS) is 10.4. The summed E-state index contributed by atoms with van der Waals surface area (Å²) < 4.78 is 0. The molecule has 0 atom stereocenters. The summed E-state index contributed by atoms with van der Waals surface area (Å²) in [6, 6.07) is 10.8. The third-order valence-electron chi connectivity index (χ3n) is 3.19. The van der Waals surface area contributed by atoms with Crippen LogP contribution in [0.5, 0.6) is 0 Å². The first-order chi connectivity index (χ1) is 11.6. The van der Waals surface area contributed by atoms with Gasteiger partial charge in [-0.1, -0.05) is 17.7 Å². The molecule has 1 heterocycles. The standard InChI is InChI=1S/C15H10ClN5O3/c16-12-2-1-3-13(21(23)24)14(12)15(22)19-10-4-6-11(7-5-10)20-17-8-9-18-20/h1-9H,(H,19,22). The monoisotopic (exact) mass is 343 g/mol. The molecular weight excluding hydrogens is 334 g/mol. The van der Waals surface area contributed by atoms with Gasteiger partial charge in [0.15, 0.2) is 0 Å². The van der Waals surface area contributed by atoms with Gasteiger partial charge in [0, 0.05) is 11.8 Å². The van der Waals surface area contributed by atoms with Crippen molar-refractivity contribution in [1.82, 2.24) is 15.0 Å². The zero-order valence-electron chi connectivity index (χ0n) is 12.1. The second kappa shape index (κ2) is 6.47. The van der Waals surface area contributed by atoms with Gasteiger partial charge in [0.1, 0.15) is 5.56 Å². The van der Waals surface area contributed by atoms with Crippen molar-refractivity contribution < 1.29 is 9.72 Å². The van der Waals surface area contributed by atoms with Gasteiger partial charge in [0.25, 0.3) is 11.6 Å². The van der Waals surface area contributed by atoms with E-state index in [9.17, 15) is 14.9 Å². The highest BCUT2D eigenvalue weighted by Gasteiger charge is 2.23. The molecule has 120 valence electrons. The average Bonchev–Trinajstić information content (AvgIpc) is 3.09. The van der Waals surface area contributed by atoms with Gasteiger partial charge in [-0.3, -0.25) is 14.9 Å². The van der Waals surface area contributed by atoms with Gasteiger partial charge in [-0.15, -0.1) is 0 Å². The average molecular weight is 344 g/mol. The fourth-order valence-corrected chi connectivity index (χ4v) is 2.37. The lowest BCUT2D eigenvalue weighted by Gasteiger charge is -2.08. The number of rotatable bonds is 4. The third-order valence-corrected chi connectivity index (χ3v) is 3.51. The number of halogens is 1. The van der Waals surface area contributed by atoms with Crippen LogP contribution in [0.4, 0.5) is 11.4 Å². The first-order valence-electron chi connectivity index (χ1n) is 6.77. The molecule has 1 N–H and O–H groups in total. The van der Waals surface area contributed by atoms with Crippen molar-refractivity contribution in [3.05, 3.63) is 75.6 Å². The van der Waals surface area contributed by atoms with E-state index in [0.29, 0.717) is 11.4 Å². The zero-order chi connectivity index (χ0) is 17.1. The van der Waals surface area contributed by atoms with Crippen molar-refractivity contribution in [3.63, 3.8) is 0 Å². The second-order valence-electron chi connectivity index (χ2n) is 4.71. The van der Waals surface area contributed by atoms with Gasteiger partial charge in [0.2, 0.25) is 0 Å². The van der Waals surface area contributed by atoms with E-state index in [-0.39, 0.29) is 16.3 Å². The number of nitrogens with zero attached hydrogens (tertiary/aromatic N) is 4. The molecule has 0 spiro atoms. The molecule has 1 amide bonds. The summed E-state index contributed by atoms with van der Waals surface area (Å²) >= 11 is 5.94. The van der Waals surface area contributed by atoms with Gasteiger partial charge >= 0.3 is 0 Å². The van der Waals surface area contributed by atoms with E-state index in [1.807, 2.05) is 0 Å². The first-order valence-corrected chi connectivity index (χ1v) is 7.15. The van der Waals surface area contributed by atoms with Crippen LogP contribution in [0, 0.1) is 10.1 Å². The largest absolute Gasteiger partial charge is 0.322 e. The van der Waals surface area contributed by atoms with Crippen LogP contribution in [-0.2, 0) is 0 Å². The second-order valence-corrected chi connectivity index (χ2v) is 5.12. The lowest BCUT2D eigenvalue weighted by atomic mass is 10.1. The highest BCUT2D eigenvalue weighted by molar-refractivity contribution is 6.35. The van der Waals surface area contributed by atoms with Crippen LogP contribution >= 0.6 is 11.6 Å². The van der Waals surface area contributed by atoms with E-state index in [2.05, 4.69) is 15.5 Å². The Kier molecular flexibility index (Phi) is 4.21. The molecule has 0 radical (unpaired) electrons. The number of nitrogens with one attached hydrogen (secondary N) is 1. The molecule has 0 saturated heterocycles. The molecule has 0 aliphatic rings. The minimum absolute atomic E-state index is 0.0130. The fraction of sp³-hybridized carbons (Fsp3) is 0. The Bertz CT molecular complexity index is 894. The van der Waals surface area contributed by atoms with Crippen molar-refractivity contribution in [2.45, 2.75) is 0 Å². The van der Waals surface area contributed by atoms with Gasteiger partial charge < -0.3 is 5.32 Å². The summed E-state index contributed by atoms with van der Waals surface area (Å²) in [5.74, 6) is -0.655. The maximum absolute atomic E-state index is 12.3. The molecule has 0 aliphatic heterocycles. The molecule has 9 heteroatoms. The van der Waals surface area contributed by atoms with Crippen LogP contribution in [0.2, 0.25) is 5.02 Å². The molecule has 1 aromatic heterocycles. The van der Waals surface area contributed by atoms with E-state index in [0.717, 1.165) is 0 Å². The highest BCUT2D eigenvalue weighted by Crippen LogP contribution is 2.27. The Morgan fingerprint density at radius 1 is 1.12 bits per heavy atom. The van der Waals surface area contributed by atoms with E-state index in [4.69, 9.17) is 11.6 Å². The fourth-order valence-electron chi connectivity index (χ4n) is 2.11. The summed E-state index contributed by atoms with van der Waals surface area (Å²) in [5, 5.41) is 21.6. The number of carbonyl (C=O) groups excluding carboxylic acids is 1. The predicted molar refractivity (Wildman–Crippen MR) is 87.4 cm³/mol. The summed E-state index contributed by atoms with van der Waals surface area (Å²) in [7, 11) is 0. The lowest BCUT2D eigenvalue weighted by molar-refractivity contribution is -0.385. The van der Waals surface area contributed by atoms with Gasteiger partial charge in [-0.2, -0.15) is 15.0 Å². The summed E-state index contributed by atoms with van der Waals surface area (Å²) in [4.78, 5) is 24.2. The number of nitro groups is 1. The Morgan fingerprint density at radius 2 is 1.79 bits per heavy atom. The van der Waals surface area contributed by atoms with Crippen molar-refractivity contribution in [1.29, 1.82) is 0 Å². The smallest absolute Gasteiger partial charge is 0.283 e. The molecule has 0 fully saturated rings. The highest BCUT2D eigenvalue weighted by atomic mass is 35.5. The van der Waals surface area contributed by atoms with Crippen LogP contribution in [0.3, 0.4) is 0 Å². The minimum atomic E-state index is -0.655. The van der Waals surface area contributed by atoms with Crippen molar-refractivity contribution in [3.8, 4) is 5.69 Å². The number of benzene rings is 2. The van der Waals surface area contributed by atoms with E-state index in [1.54, 1.807) is 36.7 Å². The lowest BCUT2D eigenvalue weighted by Crippen LogP contribution is -2.14. The summed E-state index contributed by atoms with van der Waals surface area (Å²) in [5.41, 5.74) is 0.645. The van der Waals surface area contributed by atoms with Gasteiger partial charge in [-0.25, -0.2) is 0 Å². The first kappa shape index (κ1) is 15.6. The number of carbonyl (C=O) groups is 1. The summed E-state index contributed by atoms with van der Waals surface area (Å²) in [6.45, 7) is 0. The number of aromatic nitrogens is 3. The Labute approximate surface area is 140 Å². The summed E-state index contributed by atoms with van der Waals surface area (Å²) in [6.07, 6.45) is 3.10. The predicted octanol–water partition coefficient (Wildman–Crippen LogP) is 3.08. The third kappa shape index (κ3) is 3.08. The molecule has 0 saturated carbocycles.